The Balaban J connectivity index is 1.78. The number of halogens is 3. The minimum atomic E-state index is -0.823. The van der Waals surface area contributed by atoms with Crippen molar-refractivity contribution in [3.63, 3.8) is 0 Å². The topological polar surface area (TPSA) is 12.0 Å². The molecule has 0 fully saturated rings. The summed E-state index contributed by atoms with van der Waals surface area (Å²) in [5.74, 6) is -1.64. The molecule has 0 aliphatic heterocycles. The minimum Gasteiger partial charge on any atom is -0.309 e. The zero-order valence-electron chi connectivity index (χ0n) is 10.7. The molecule has 1 N–H and O–H groups in total. The van der Waals surface area contributed by atoms with Gasteiger partial charge >= 0.3 is 0 Å². The predicted octanol–water partition coefficient (Wildman–Crippen LogP) is 4.42. The molecular formula is C16H14ClF2N. The van der Waals surface area contributed by atoms with E-state index in [1.807, 2.05) is 36.4 Å². The van der Waals surface area contributed by atoms with Crippen LogP contribution in [0.5, 0.6) is 0 Å². The predicted molar refractivity (Wildman–Crippen MR) is 78.6 cm³/mol. The van der Waals surface area contributed by atoms with E-state index < -0.39 is 11.6 Å². The zero-order valence-corrected chi connectivity index (χ0v) is 11.5. The van der Waals surface area contributed by atoms with Gasteiger partial charge in [0.15, 0.2) is 11.6 Å². The van der Waals surface area contributed by atoms with Gasteiger partial charge in [0.1, 0.15) is 0 Å². The van der Waals surface area contributed by atoms with E-state index in [0.29, 0.717) is 23.7 Å². The SMILES string of the molecule is Fc1ccc(CNC/C=C/c2ccc(Cl)cc2)cc1F. The van der Waals surface area contributed by atoms with Gasteiger partial charge in [-0.25, -0.2) is 8.78 Å². The van der Waals surface area contributed by atoms with E-state index in [9.17, 15) is 8.78 Å². The van der Waals surface area contributed by atoms with E-state index in [1.165, 1.54) is 6.07 Å². The molecule has 0 aromatic heterocycles. The van der Waals surface area contributed by atoms with Gasteiger partial charge in [0.2, 0.25) is 0 Å². The first kappa shape index (κ1) is 14.7. The van der Waals surface area contributed by atoms with Crippen LogP contribution < -0.4 is 5.32 Å². The quantitative estimate of drug-likeness (QED) is 0.805. The van der Waals surface area contributed by atoms with E-state index >= 15 is 0 Å². The summed E-state index contributed by atoms with van der Waals surface area (Å²) in [5, 5.41) is 3.84. The van der Waals surface area contributed by atoms with Crippen LogP contribution in [0.4, 0.5) is 8.78 Å². The van der Waals surface area contributed by atoms with Crippen LogP contribution in [0.25, 0.3) is 6.08 Å². The zero-order chi connectivity index (χ0) is 14.4. The first-order valence-corrected chi connectivity index (χ1v) is 6.60. The van der Waals surface area contributed by atoms with Crippen molar-refractivity contribution in [3.05, 3.63) is 76.3 Å². The highest BCUT2D eigenvalue weighted by Crippen LogP contribution is 2.10. The molecule has 0 heterocycles. The van der Waals surface area contributed by atoms with Crippen molar-refractivity contribution in [2.45, 2.75) is 6.54 Å². The average Bonchev–Trinajstić information content (AvgIpc) is 2.44. The summed E-state index contributed by atoms with van der Waals surface area (Å²) in [6.45, 7) is 1.13. The Morgan fingerprint density at radius 3 is 2.45 bits per heavy atom. The van der Waals surface area contributed by atoms with Crippen LogP contribution in [-0.2, 0) is 6.54 Å². The Kier molecular flexibility index (Phi) is 5.27. The molecule has 0 aliphatic carbocycles. The summed E-state index contributed by atoms with van der Waals surface area (Å²) < 4.78 is 25.7. The maximum Gasteiger partial charge on any atom is 0.159 e. The first-order chi connectivity index (χ1) is 9.65. The summed E-state index contributed by atoms with van der Waals surface area (Å²) in [4.78, 5) is 0. The van der Waals surface area contributed by atoms with Crippen molar-refractivity contribution in [3.8, 4) is 0 Å². The molecule has 2 aromatic carbocycles. The Bertz CT molecular complexity index is 594. The molecule has 0 radical (unpaired) electrons. The summed E-state index contributed by atoms with van der Waals surface area (Å²) in [6, 6.07) is 11.4. The van der Waals surface area contributed by atoms with Crippen molar-refractivity contribution in [1.29, 1.82) is 0 Å². The fourth-order valence-corrected chi connectivity index (χ4v) is 1.84. The third-order valence-corrected chi connectivity index (χ3v) is 3.01. The summed E-state index contributed by atoms with van der Waals surface area (Å²) in [7, 11) is 0. The van der Waals surface area contributed by atoms with Gasteiger partial charge in [-0.05, 0) is 35.4 Å². The Labute approximate surface area is 121 Å². The Hall–Kier alpha value is -1.71. The molecule has 0 bridgehead atoms. The third-order valence-electron chi connectivity index (χ3n) is 2.76. The summed E-state index contributed by atoms with van der Waals surface area (Å²) in [6.07, 6.45) is 3.93. The molecule has 104 valence electrons. The van der Waals surface area contributed by atoms with Gasteiger partial charge in [-0.3, -0.25) is 0 Å². The van der Waals surface area contributed by atoms with Crippen molar-refractivity contribution < 1.29 is 8.78 Å². The van der Waals surface area contributed by atoms with Crippen molar-refractivity contribution in [2.75, 3.05) is 6.54 Å². The Morgan fingerprint density at radius 2 is 1.75 bits per heavy atom. The summed E-state index contributed by atoms with van der Waals surface area (Å²) >= 11 is 5.79. The molecule has 0 saturated carbocycles. The highest BCUT2D eigenvalue weighted by Gasteiger charge is 2.01. The second kappa shape index (κ2) is 7.17. The van der Waals surface area contributed by atoms with Gasteiger partial charge in [0, 0.05) is 18.1 Å². The lowest BCUT2D eigenvalue weighted by Gasteiger charge is -2.02. The number of rotatable bonds is 5. The molecule has 0 spiro atoms. The van der Waals surface area contributed by atoms with Gasteiger partial charge in [-0.1, -0.05) is 42.0 Å². The largest absolute Gasteiger partial charge is 0.309 e. The van der Waals surface area contributed by atoms with E-state index in [1.54, 1.807) is 6.07 Å². The van der Waals surface area contributed by atoms with Crippen molar-refractivity contribution in [1.82, 2.24) is 5.32 Å². The van der Waals surface area contributed by atoms with Crippen LogP contribution in [-0.4, -0.2) is 6.54 Å². The van der Waals surface area contributed by atoms with Crippen LogP contribution in [0, 0.1) is 11.6 Å². The van der Waals surface area contributed by atoms with Crippen molar-refractivity contribution in [2.24, 2.45) is 0 Å². The molecular weight excluding hydrogens is 280 g/mol. The van der Waals surface area contributed by atoms with E-state index in [2.05, 4.69) is 5.32 Å². The normalized spacial score (nSPS) is 11.2. The van der Waals surface area contributed by atoms with E-state index in [4.69, 9.17) is 11.6 Å². The lowest BCUT2D eigenvalue weighted by molar-refractivity contribution is 0.506. The standard InChI is InChI=1S/C16H14ClF2N/c17-14-6-3-12(4-7-14)2-1-9-20-11-13-5-8-15(18)16(19)10-13/h1-8,10,20H,9,11H2/b2-1+. The van der Waals surface area contributed by atoms with Gasteiger partial charge in [0.05, 0.1) is 0 Å². The Morgan fingerprint density at radius 1 is 1.00 bits per heavy atom. The van der Waals surface area contributed by atoms with E-state index in [-0.39, 0.29) is 0 Å². The fourth-order valence-electron chi connectivity index (χ4n) is 1.72. The monoisotopic (exact) mass is 293 g/mol. The van der Waals surface area contributed by atoms with Crippen molar-refractivity contribution >= 4 is 17.7 Å². The summed E-state index contributed by atoms with van der Waals surface area (Å²) in [5.41, 5.74) is 1.77. The number of nitrogens with one attached hydrogen (secondary N) is 1. The van der Waals surface area contributed by atoms with Gasteiger partial charge < -0.3 is 5.32 Å². The molecule has 0 unspecified atom stereocenters. The fraction of sp³-hybridized carbons (Fsp3) is 0.125. The molecule has 0 atom stereocenters. The lowest BCUT2D eigenvalue weighted by Crippen LogP contribution is -2.13. The molecule has 1 nitrogen and oxygen atoms in total. The second-order valence-corrected chi connectivity index (χ2v) is 4.77. The average molecular weight is 294 g/mol. The van der Waals surface area contributed by atoms with E-state index in [0.717, 1.165) is 11.6 Å². The third kappa shape index (κ3) is 4.44. The smallest absolute Gasteiger partial charge is 0.159 e. The number of hydrogen-bond donors (Lipinski definition) is 1. The number of benzene rings is 2. The van der Waals surface area contributed by atoms with Crippen LogP contribution in [0.15, 0.2) is 48.5 Å². The molecule has 4 heteroatoms. The van der Waals surface area contributed by atoms with Gasteiger partial charge in [0.25, 0.3) is 0 Å². The maximum atomic E-state index is 13.0. The highest BCUT2D eigenvalue weighted by molar-refractivity contribution is 6.30. The first-order valence-electron chi connectivity index (χ1n) is 6.22. The van der Waals surface area contributed by atoms with Crippen LogP contribution in [0.1, 0.15) is 11.1 Å². The molecule has 0 amide bonds. The molecule has 2 aromatic rings. The maximum absolute atomic E-state index is 13.0. The molecule has 0 aliphatic rings. The number of hydrogen-bond acceptors (Lipinski definition) is 1. The van der Waals surface area contributed by atoms with Crippen LogP contribution in [0.3, 0.4) is 0 Å². The van der Waals surface area contributed by atoms with Gasteiger partial charge in [-0.2, -0.15) is 0 Å². The lowest BCUT2D eigenvalue weighted by atomic mass is 10.2. The molecule has 0 saturated heterocycles. The van der Waals surface area contributed by atoms with Crippen LogP contribution >= 0.6 is 11.6 Å². The highest BCUT2D eigenvalue weighted by atomic mass is 35.5. The molecule has 2 rings (SSSR count). The molecule has 20 heavy (non-hydrogen) atoms. The minimum absolute atomic E-state index is 0.488. The van der Waals surface area contributed by atoms with Crippen LogP contribution in [0.2, 0.25) is 5.02 Å². The van der Waals surface area contributed by atoms with Gasteiger partial charge in [-0.15, -0.1) is 0 Å². The second-order valence-electron chi connectivity index (χ2n) is 4.33.